The van der Waals surface area contributed by atoms with Crippen molar-refractivity contribution < 1.29 is 9.00 Å². The van der Waals surface area contributed by atoms with Crippen LogP contribution in [0, 0.1) is 5.92 Å². The first-order chi connectivity index (χ1) is 7.58. The molecular formula is C11H10Cl2O2S. The van der Waals surface area contributed by atoms with E-state index >= 15 is 0 Å². The molecule has 1 aliphatic rings. The molecule has 1 aromatic rings. The molecule has 0 heterocycles. The van der Waals surface area contributed by atoms with Gasteiger partial charge in [-0.15, -0.1) is 0 Å². The predicted molar refractivity (Wildman–Crippen MR) is 65.5 cm³/mol. The first-order valence-electron chi connectivity index (χ1n) is 4.94. The van der Waals surface area contributed by atoms with E-state index in [9.17, 15) is 9.00 Å². The van der Waals surface area contributed by atoms with E-state index in [2.05, 4.69) is 0 Å². The molecule has 1 aliphatic carbocycles. The Morgan fingerprint density at radius 1 is 1.31 bits per heavy atom. The molecule has 16 heavy (non-hydrogen) atoms. The Kier molecular flexibility index (Phi) is 3.67. The highest BCUT2D eigenvalue weighted by Gasteiger charge is 2.30. The van der Waals surface area contributed by atoms with Crippen LogP contribution in [0.2, 0.25) is 10.0 Å². The molecule has 2 nitrogen and oxygen atoms in total. The zero-order valence-electron chi connectivity index (χ0n) is 8.41. The molecule has 86 valence electrons. The van der Waals surface area contributed by atoms with Crippen LogP contribution in [0.3, 0.4) is 0 Å². The highest BCUT2D eigenvalue weighted by atomic mass is 35.5. The van der Waals surface area contributed by atoms with Gasteiger partial charge in [0.25, 0.3) is 0 Å². The van der Waals surface area contributed by atoms with Gasteiger partial charge in [0.2, 0.25) is 0 Å². The second-order valence-corrected chi connectivity index (χ2v) is 6.07. The molecule has 0 amide bonds. The van der Waals surface area contributed by atoms with Crippen LogP contribution in [0.5, 0.6) is 0 Å². The molecule has 0 spiro atoms. The molecule has 0 aromatic heterocycles. The van der Waals surface area contributed by atoms with Crippen molar-refractivity contribution in [3.05, 3.63) is 28.2 Å². The Bertz CT molecular complexity index is 455. The largest absolute Gasteiger partial charge is 0.298 e. The molecule has 1 saturated carbocycles. The number of benzene rings is 1. The summed E-state index contributed by atoms with van der Waals surface area (Å²) in [5.74, 6) is 0.318. The van der Waals surface area contributed by atoms with E-state index in [1.807, 2.05) is 0 Å². The second-order valence-electron chi connectivity index (χ2n) is 3.81. The van der Waals surface area contributed by atoms with Crippen molar-refractivity contribution >= 4 is 39.8 Å². The van der Waals surface area contributed by atoms with Crippen molar-refractivity contribution in [2.45, 2.75) is 17.7 Å². The van der Waals surface area contributed by atoms with Gasteiger partial charge in [-0.05, 0) is 31.0 Å². The third-order valence-electron chi connectivity index (χ3n) is 2.46. The van der Waals surface area contributed by atoms with Gasteiger partial charge in [-0.1, -0.05) is 23.2 Å². The fourth-order valence-electron chi connectivity index (χ4n) is 1.35. The number of ketones is 1. The number of hydrogen-bond acceptors (Lipinski definition) is 2. The number of Topliss-reactive ketones (excluding diaryl/α,β-unsaturated/α-hetero) is 1. The summed E-state index contributed by atoms with van der Waals surface area (Å²) in [5, 5.41) is 0.794. The van der Waals surface area contributed by atoms with Gasteiger partial charge in [-0.3, -0.25) is 9.00 Å². The fraction of sp³-hybridized carbons (Fsp3) is 0.364. The van der Waals surface area contributed by atoms with Crippen molar-refractivity contribution in [2.75, 3.05) is 5.75 Å². The normalized spacial score (nSPS) is 17.1. The molecule has 0 aliphatic heterocycles. The van der Waals surface area contributed by atoms with Crippen LogP contribution in [0.15, 0.2) is 23.1 Å². The molecule has 2 rings (SSSR count). The van der Waals surface area contributed by atoms with E-state index in [1.54, 1.807) is 18.2 Å². The van der Waals surface area contributed by atoms with E-state index in [0.29, 0.717) is 14.9 Å². The number of carbonyl (C=O) groups is 1. The Morgan fingerprint density at radius 2 is 2.00 bits per heavy atom. The molecule has 0 N–H and O–H groups in total. The lowest BCUT2D eigenvalue weighted by Crippen LogP contribution is -2.12. The standard InChI is InChI=1S/C11H10Cl2O2S/c12-9-4-3-8(5-10(9)13)16(15)6-11(14)7-1-2-7/h3-5,7H,1-2,6H2. The lowest BCUT2D eigenvalue weighted by atomic mass is 10.3. The van der Waals surface area contributed by atoms with Crippen LogP contribution in [0.25, 0.3) is 0 Å². The molecular weight excluding hydrogens is 267 g/mol. The minimum atomic E-state index is -1.31. The third-order valence-corrected chi connectivity index (χ3v) is 4.53. The first-order valence-corrected chi connectivity index (χ1v) is 7.01. The van der Waals surface area contributed by atoms with Crippen LogP contribution < -0.4 is 0 Å². The molecule has 5 heteroatoms. The van der Waals surface area contributed by atoms with E-state index in [4.69, 9.17) is 23.2 Å². The van der Waals surface area contributed by atoms with Gasteiger partial charge in [-0.25, -0.2) is 0 Å². The predicted octanol–water partition coefficient (Wildman–Crippen LogP) is 3.08. The number of carbonyl (C=O) groups excluding carboxylic acids is 1. The van der Waals surface area contributed by atoms with Gasteiger partial charge >= 0.3 is 0 Å². The number of rotatable bonds is 4. The fourth-order valence-corrected chi connectivity index (χ4v) is 2.85. The maximum Gasteiger partial charge on any atom is 0.148 e. The molecule has 1 fully saturated rings. The van der Waals surface area contributed by atoms with Crippen molar-refractivity contribution in [1.29, 1.82) is 0 Å². The minimum absolute atomic E-state index is 0.0859. The average Bonchev–Trinajstić information content (AvgIpc) is 3.05. The molecule has 1 atom stereocenters. The number of halogens is 2. The summed E-state index contributed by atoms with van der Waals surface area (Å²) >= 11 is 11.6. The van der Waals surface area contributed by atoms with Crippen LogP contribution >= 0.6 is 23.2 Å². The molecule has 1 aromatic carbocycles. The Hall–Kier alpha value is -0.380. The Labute approximate surface area is 106 Å². The molecule has 0 bridgehead atoms. The van der Waals surface area contributed by atoms with Gasteiger partial charge in [-0.2, -0.15) is 0 Å². The summed E-state index contributed by atoms with van der Waals surface area (Å²) < 4.78 is 11.8. The smallest absolute Gasteiger partial charge is 0.148 e. The van der Waals surface area contributed by atoms with Crippen LogP contribution in [0.4, 0.5) is 0 Å². The monoisotopic (exact) mass is 276 g/mol. The van der Waals surface area contributed by atoms with Gasteiger partial charge in [0.15, 0.2) is 0 Å². The van der Waals surface area contributed by atoms with E-state index in [0.717, 1.165) is 12.8 Å². The first kappa shape index (κ1) is 12.1. The average molecular weight is 277 g/mol. The quantitative estimate of drug-likeness (QED) is 0.847. The molecule has 0 saturated heterocycles. The highest BCUT2D eigenvalue weighted by Crippen LogP contribution is 2.31. The second kappa shape index (κ2) is 4.86. The molecule has 0 radical (unpaired) electrons. The topological polar surface area (TPSA) is 34.1 Å². The van der Waals surface area contributed by atoms with Crippen LogP contribution in [-0.4, -0.2) is 15.7 Å². The lowest BCUT2D eigenvalue weighted by molar-refractivity contribution is -0.117. The summed E-state index contributed by atoms with van der Waals surface area (Å²) in [5.41, 5.74) is 0. The summed E-state index contributed by atoms with van der Waals surface area (Å²) in [6, 6.07) is 4.80. The molecule has 1 unspecified atom stereocenters. The summed E-state index contributed by atoms with van der Waals surface area (Å²) in [6.45, 7) is 0. The van der Waals surface area contributed by atoms with Gasteiger partial charge in [0, 0.05) is 10.8 Å². The van der Waals surface area contributed by atoms with E-state index in [-0.39, 0.29) is 17.5 Å². The van der Waals surface area contributed by atoms with E-state index in [1.165, 1.54) is 0 Å². The van der Waals surface area contributed by atoms with E-state index < -0.39 is 10.8 Å². The summed E-state index contributed by atoms with van der Waals surface area (Å²) in [7, 11) is -1.31. The van der Waals surface area contributed by atoms with Crippen LogP contribution in [0.1, 0.15) is 12.8 Å². The Morgan fingerprint density at radius 3 is 2.56 bits per heavy atom. The van der Waals surface area contributed by atoms with Gasteiger partial charge in [0.05, 0.1) is 26.6 Å². The van der Waals surface area contributed by atoms with Crippen molar-refractivity contribution in [1.82, 2.24) is 0 Å². The van der Waals surface area contributed by atoms with Gasteiger partial charge in [0.1, 0.15) is 5.78 Å². The Balaban J connectivity index is 2.08. The van der Waals surface area contributed by atoms with Crippen molar-refractivity contribution in [3.63, 3.8) is 0 Å². The van der Waals surface area contributed by atoms with Gasteiger partial charge < -0.3 is 0 Å². The maximum atomic E-state index is 11.8. The zero-order valence-corrected chi connectivity index (χ0v) is 10.7. The lowest BCUT2D eigenvalue weighted by Gasteiger charge is -2.02. The van der Waals surface area contributed by atoms with Crippen molar-refractivity contribution in [3.8, 4) is 0 Å². The van der Waals surface area contributed by atoms with Crippen molar-refractivity contribution in [2.24, 2.45) is 5.92 Å². The highest BCUT2D eigenvalue weighted by molar-refractivity contribution is 7.85. The third kappa shape index (κ3) is 2.84. The SMILES string of the molecule is O=C(CS(=O)c1ccc(Cl)c(Cl)c1)C1CC1. The number of hydrogen-bond donors (Lipinski definition) is 0. The summed E-state index contributed by atoms with van der Waals surface area (Å²) in [6.07, 6.45) is 1.88. The van der Waals surface area contributed by atoms with Crippen LogP contribution in [-0.2, 0) is 15.6 Å². The zero-order chi connectivity index (χ0) is 11.7. The summed E-state index contributed by atoms with van der Waals surface area (Å²) in [4.78, 5) is 12.0. The maximum absolute atomic E-state index is 11.8. The minimum Gasteiger partial charge on any atom is -0.298 e.